The van der Waals surface area contributed by atoms with Gasteiger partial charge in [0.15, 0.2) is 12.6 Å². The van der Waals surface area contributed by atoms with Crippen LogP contribution in [0.4, 0.5) is 0 Å². The minimum absolute atomic E-state index is 0.341. The average Bonchev–Trinajstić information content (AvgIpc) is 3.11. The zero-order valence-electron chi connectivity index (χ0n) is 29.3. The van der Waals surface area contributed by atoms with E-state index in [1.165, 1.54) is 0 Å². The Kier molecular flexibility index (Phi) is 18.1. The second-order valence-corrected chi connectivity index (χ2v) is 12.1. The van der Waals surface area contributed by atoms with Gasteiger partial charge in [-0.25, -0.2) is 4.79 Å². The van der Waals surface area contributed by atoms with E-state index >= 15 is 0 Å². The highest BCUT2D eigenvalue weighted by atomic mass is 16.6. The van der Waals surface area contributed by atoms with Crippen molar-refractivity contribution in [2.75, 3.05) is 26.4 Å². The van der Waals surface area contributed by atoms with E-state index in [9.17, 15) is 20.1 Å². The molecule has 3 atom stereocenters. The van der Waals surface area contributed by atoms with Gasteiger partial charge in [-0.15, -0.1) is 0 Å². The number of carbonyl (C=O) groups is 1. The number of ether oxygens (including phenoxy) is 6. The van der Waals surface area contributed by atoms with Crippen LogP contribution in [0.2, 0.25) is 0 Å². The Labute approximate surface area is 295 Å². The predicted octanol–water partition coefficient (Wildman–Crippen LogP) is 7.68. The lowest BCUT2D eigenvalue weighted by molar-refractivity contribution is -0.0731. The van der Waals surface area contributed by atoms with Crippen LogP contribution in [0, 0.1) is 0 Å². The number of aliphatic hydroxyl groups excluding tert-OH is 3. The molecule has 0 saturated heterocycles. The van der Waals surface area contributed by atoms with Gasteiger partial charge in [-0.3, -0.25) is 0 Å². The largest absolute Gasteiger partial charge is 0.494 e. The summed E-state index contributed by atoms with van der Waals surface area (Å²) < 4.78 is 33.3. The minimum atomic E-state index is -1.19. The normalized spacial score (nSPS) is 12.8. The molecule has 0 bridgehead atoms. The van der Waals surface area contributed by atoms with Gasteiger partial charge in [-0.1, -0.05) is 26.0 Å². The summed E-state index contributed by atoms with van der Waals surface area (Å²) in [5.41, 5.74) is 2.16. The van der Waals surface area contributed by atoms with Crippen LogP contribution in [-0.4, -0.2) is 60.3 Å². The maximum Gasteiger partial charge on any atom is 0.343 e. The molecule has 0 spiro atoms. The van der Waals surface area contributed by atoms with Crippen molar-refractivity contribution in [2.45, 2.75) is 84.1 Å². The average molecular weight is 693 g/mol. The minimum Gasteiger partial charge on any atom is -0.494 e. The van der Waals surface area contributed by atoms with Gasteiger partial charge < -0.3 is 43.7 Å². The van der Waals surface area contributed by atoms with Crippen molar-refractivity contribution in [2.24, 2.45) is 0 Å². The first-order chi connectivity index (χ1) is 24.1. The fraction of sp³-hybridized carbons (Fsp3) is 0.425. The van der Waals surface area contributed by atoms with Crippen molar-refractivity contribution in [1.29, 1.82) is 0 Å². The summed E-state index contributed by atoms with van der Waals surface area (Å²) in [5, 5.41) is 29.7. The van der Waals surface area contributed by atoms with E-state index in [0.29, 0.717) is 71.7 Å². The Balaban J connectivity index is 1.30. The first-order valence-corrected chi connectivity index (χ1v) is 17.1. The second-order valence-electron chi connectivity index (χ2n) is 12.1. The Morgan fingerprint density at radius 2 is 0.960 bits per heavy atom. The van der Waals surface area contributed by atoms with Gasteiger partial charge in [-0.05, 0) is 136 Å². The molecule has 272 valence electrons. The van der Waals surface area contributed by atoms with E-state index in [1.807, 2.05) is 0 Å². The number of carbonyl (C=O) groups excluding carboxylic acids is 1. The Hall–Kier alpha value is -4.19. The molecule has 0 amide bonds. The zero-order valence-corrected chi connectivity index (χ0v) is 29.3. The fourth-order valence-corrected chi connectivity index (χ4v) is 4.53. The molecular weight excluding hydrogens is 640 g/mol. The van der Waals surface area contributed by atoms with E-state index in [0.717, 1.165) is 51.4 Å². The predicted molar refractivity (Wildman–Crippen MR) is 191 cm³/mol. The topological polar surface area (TPSA) is 133 Å². The van der Waals surface area contributed by atoms with E-state index < -0.39 is 24.8 Å². The van der Waals surface area contributed by atoms with Gasteiger partial charge in [0.05, 0.1) is 32.0 Å². The number of unbranched alkanes of at least 4 members (excludes halogenated alkanes) is 6. The highest BCUT2D eigenvalue weighted by Crippen LogP contribution is 2.25. The summed E-state index contributed by atoms with van der Waals surface area (Å²) in [5.74, 6) is 1.62. The highest BCUT2D eigenvalue weighted by molar-refractivity contribution is 5.91. The van der Waals surface area contributed by atoms with Crippen LogP contribution >= 0.6 is 0 Å². The van der Waals surface area contributed by atoms with E-state index in [-0.39, 0.29) is 0 Å². The summed E-state index contributed by atoms with van der Waals surface area (Å²) in [6.45, 7) is 12.9. The molecule has 0 saturated carbocycles. The summed E-state index contributed by atoms with van der Waals surface area (Å²) >= 11 is 0. The van der Waals surface area contributed by atoms with Crippen molar-refractivity contribution in [1.82, 2.24) is 0 Å². The number of aliphatic hydroxyl groups is 3. The van der Waals surface area contributed by atoms with Crippen molar-refractivity contribution in [3.05, 3.63) is 108 Å². The zero-order chi connectivity index (χ0) is 36.1. The molecule has 0 aliphatic heterocycles. The molecule has 0 aliphatic rings. The van der Waals surface area contributed by atoms with E-state index in [1.54, 1.807) is 86.6 Å². The van der Waals surface area contributed by atoms with Crippen molar-refractivity contribution in [3.8, 4) is 23.0 Å². The first-order valence-electron chi connectivity index (χ1n) is 17.1. The summed E-state index contributed by atoms with van der Waals surface area (Å²) in [6.07, 6.45) is 4.43. The lowest BCUT2D eigenvalue weighted by atomic mass is 10.2. The molecule has 50 heavy (non-hydrogen) atoms. The molecular formula is C40H52O10. The monoisotopic (exact) mass is 692 g/mol. The number of rotatable bonds is 25. The van der Waals surface area contributed by atoms with Crippen LogP contribution in [0.1, 0.15) is 87.4 Å². The third-order valence-corrected chi connectivity index (χ3v) is 7.55. The summed E-state index contributed by atoms with van der Waals surface area (Å²) in [4.78, 5) is 12.7. The molecule has 3 rings (SSSR count). The maximum atomic E-state index is 12.7. The third kappa shape index (κ3) is 15.6. The Bertz CT molecular complexity index is 1420. The van der Waals surface area contributed by atoms with Crippen molar-refractivity contribution < 1.29 is 48.5 Å². The van der Waals surface area contributed by atoms with Gasteiger partial charge in [0, 0.05) is 5.56 Å². The van der Waals surface area contributed by atoms with Gasteiger partial charge >= 0.3 is 5.97 Å². The Morgan fingerprint density at radius 1 is 0.560 bits per heavy atom. The van der Waals surface area contributed by atoms with Gasteiger partial charge in [0.25, 0.3) is 0 Å². The molecule has 10 nitrogen and oxygen atoms in total. The van der Waals surface area contributed by atoms with Gasteiger partial charge in [0.1, 0.15) is 23.0 Å². The quantitative estimate of drug-likeness (QED) is 0.0267. The van der Waals surface area contributed by atoms with Crippen LogP contribution in [-0.2, 0) is 9.47 Å². The molecule has 3 unspecified atom stereocenters. The van der Waals surface area contributed by atoms with E-state index in [4.69, 9.17) is 28.4 Å². The fourth-order valence-electron chi connectivity index (χ4n) is 4.53. The smallest absolute Gasteiger partial charge is 0.343 e. The molecule has 0 aliphatic carbocycles. The molecule has 0 heterocycles. The van der Waals surface area contributed by atoms with Crippen molar-refractivity contribution in [3.63, 3.8) is 0 Å². The number of hydrogen-bond donors (Lipinski definition) is 3. The van der Waals surface area contributed by atoms with Gasteiger partial charge in [-0.2, -0.15) is 0 Å². The second kappa shape index (κ2) is 22.5. The molecule has 3 N–H and O–H groups in total. The number of hydrogen-bond acceptors (Lipinski definition) is 10. The van der Waals surface area contributed by atoms with Crippen LogP contribution in [0.3, 0.4) is 0 Å². The Morgan fingerprint density at radius 3 is 1.42 bits per heavy atom. The molecule has 0 fully saturated rings. The van der Waals surface area contributed by atoms with Crippen molar-refractivity contribution >= 4 is 5.97 Å². The molecule has 0 aromatic heterocycles. The molecule has 10 heteroatoms. The van der Waals surface area contributed by atoms with E-state index in [2.05, 4.69) is 13.2 Å². The molecule has 3 aromatic rings. The highest BCUT2D eigenvalue weighted by Gasteiger charge is 2.12. The van der Waals surface area contributed by atoms with Crippen LogP contribution in [0.5, 0.6) is 23.0 Å². The van der Waals surface area contributed by atoms with Crippen LogP contribution in [0.15, 0.2) is 97.1 Å². The van der Waals surface area contributed by atoms with Gasteiger partial charge in [0.2, 0.25) is 6.29 Å². The summed E-state index contributed by atoms with van der Waals surface area (Å²) in [6, 6.07) is 20.3. The third-order valence-electron chi connectivity index (χ3n) is 7.55. The first kappa shape index (κ1) is 40.2. The SMILES string of the molecule is C=C(C)C(O)OCCCCCCOc1ccc(C(=O)Oc2ccc(OC(O)c3ccc(OCCCCCCOC(O)C(=C)C)cc3)cc2)cc1. The lowest BCUT2D eigenvalue weighted by Gasteiger charge is -2.15. The van der Waals surface area contributed by atoms with Crippen LogP contribution < -0.4 is 18.9 Å². The summed E-state index contributed by atoms with van der Waals surface area (Å²) in [7, 11) is 0. The standard InChI is InChI=1S/C40H52O10/c1-29(2)37(41)47-27-11-7-5-9-25-45-33-17-13-31(14-18-33)39(43)49-35-21-23-36(24-22-35)50-40(44)32-15-19-34(20-16-32)46-26-10-6-8-12-28-48-38(42)30(3)4/h13-24,37-39,41-43H,1,3,5-12,25-28H2,2,4H3. The maximum absolute atomic E-state index is 12.7. The number of benzene rings is 3. The molecule has 3 aromatic carbocycles. The molecule has 0 radical (unpaired) electrons. The van der Waals surface area contributed by atoms with Crippen LogP contribution in [0.25, 0.3) is 0 Å². The lowest BCUT2D eigenvalue weighted by Crippen LogP contribution is -2.13. The number of esters is 1.